The van der Waals surface area contributed by atoms with Crippen LogP contribution in [0.2, 0.25) is 0 Å². The van der Waals surface area contributed by atoms with Crippen LogP contribution in [0.4, 0.5) is 0 Å². The number of aromatic nitrogens is 2. The van der Waals surface area contributed by atoms with Crippen molar-refractivity contribution in [3.8, 4) is 28.6 Å². The molecule has 0 N–H and O–H groups in total. The van der Waals surface area contributed by atoms with Crippen LogP contribution >= 0.6 is 0 Å². The van der Waals surface area contributed by atoms with Crippen molar-refractivity contribution in [1.82, 2.24) is 9.13 Å². The third-order valence-electron chi connectivity index (χ3n) is 11.1. The maximum atomic E-state index is 9.66. The van der Waals surface area contributed by atoms with E-state index >= 15 is 0 Å². The standard InChI is InChI=1S/C49H27N3O2/c50-28-29-15-20-47-39(21-29)41-25-38-36-23-31(17-19-43(36)52(33-11-5-2-6-12-33)45(38)27-49(41)54-47)30-16-18-42-35(22-30)37-24-40-34-13-7-8-14-46(34)53-48(40)26-44(37)51(42)32-9-3-1-4-10-32/h1-27H. The molecule has 5 nitrogen and oxygen atoms in total. The molecule has 4 heterocycles. The fraction of sp³-hybridized carbons (Fsp3) is 0. The van der Waals surface area contributed by atoms with Gasteiger partial charge < -0.3 is 18.0 Å². The number of nitrogens with zero attached hydrogens (tertiary/aromatic N) is 3. The van der Waals surface area contributed by atoms with E-state index in [9.17, 15) is 5.26 Å². The van der Waals surface area contributed by atoms with Crippen LogP contribution in [-0.4, -0.2) is 9.13 Å². The van der Waals surface area contributed by atoms with E-state index in [2.05, 4.69) is 143 Å². The Bertz CT molecular complexity index is 3560. The van der Waals surface area contributed by atoms with Gasteiger partial charge in [-0.25, -0.2) is 0 Å². The van der Waals surface area contributed by atoms with Crippen LogP contribution in [0.25, 0.3) is 110 Å². The largest absolute Gasteiger partial charge is 0.456 e. The minimum atomic E-state index is 0.616. The Morgan fingerprint density at radius 2 is 0.833 bits per heavy atom. The molecule has 250 valence electrons. The third kappa shape index (κ3) is 4.02. The summed E-state index contributed by atoms with van der Waals surface area (Å²) in [4.78, 5) is 0. The number of hydrogen-bond acceptors (Lipinski definition) is 3. The second-order valence-corrected chi connectivity index (χ2v) is 14.1. The molecule has 5 heteroatoms. The summed E-state index contributed by atoms with van der Waals surface area (Å²) in [5.74, 6) is 0. The summed E-state index contributed by atoms with van der Waals surface area (Å²) in [6.07, 6.45) is 0. The molecule has 12 aromatic rings. The second-order valence-electron chi connectivity index (χ2n) is 14.1. The van der Waals surface area contributed by atoms with Gasteiger partial charge in [0.25, 0.3) is 0 Å². The van der Waals surface area contributed by atoms with E-state index in [4.69, 9.17) is 8.83 Å². The van der Waals surface area contributed by atoms with E-state index in [1.165, 1.54) is 10.8 Å². The van der Waals surface area contributed by atoms with Crippen molar-refractivity contribution in [3.05, 3.63) is 169 Å². The summed E-state index contributed by atoms with van der Waals surface area (Å²) in [5, 5.41) is 18.5. The summed E-state index contributed by atoms with van der Waals surface area (Å²) in [6.45, 7) is 0. The Hall–Kier alpha value is -7.55. The number of benzene rings is 8. The zero-order valence-corrected chi connectivity index (χ0v) is 28.7. The van der Waals surface area contributed by atoms with E-state index in [0.29, 0.717) is 5.56 Å². The lowest BCUT2D eigenvalue weighted by molar-refractivity contribution is 0.669. The lowest BCUT2D eigenvalue weighted by Crippen LogP contribution is -1.93. The van der Waals surface area contributed by atoms with E-state index in [1.54, 1.807) is 0 Å². The summed E-state index contributed by atoms with van der Waals surface area (Å²) in [5.41, 5.74) is 12.9. The van der Waals surface area contributed by atoms with Crippen LogP contribution in [0.1, 0.15) is 5.56 Å². The minimum absolute atomic E-state index is 0.616. The molecule has 0 aliphatic heterocycles. The summed E-state index contributed by atoms with van der Waals surface area (Å²) in [6, 6.07) is 59.7. The molecule has 8 aromatic carbocycles. The predicted molar refractivity (Wildman–Crippen MR) is 220 cm³/mol. The van der Waals surface area contributed by atoms with Crippen molar-refractivity contribution in [1.29, 1.82) is 5.26 Å². The van der Waals surface area contributed by atoms with Crippen molar-refractivity contribution < 1.29 is 8.83 Å². The van der Waals surface area contributed by atoms with Crippen molar-refractivity contribution in [2.75, 3.05) is 0 Å². The highest BCUT2D eigenvalue weighted by atomic mass is 16.3. The molecule has 0 fully saturated rings. The molecular weight excluding hydrogens is 663 g/mol. The molecule has 54 heavy (non-hydrogen) atoms. The van der Waals surface area contributed by atoms with Gasteiger partial charge in [-0.05, 0) is 96.1 Å². The first kappa shape index (κ1) is 29.1. The van der Waals surface area contributed by atoms with Crippen LogP contribution in [-0.2, 0) is 0 Å². The minimum Gasteiger partial charge on any atom is -0.456 e. The Morgan fingerprint density at radius 3 is 1.41 bits per heavy atom. The SMILES string of the molecule is N#Cc1ccc2oc3cc4c(cc3c2c1)c1cc(-c2ccc3c(c2)c2cc5c(cc2n3-c2ccccc2)oc2ccccc25)ccc1n4-c1ccccc1. The molecule has 0 atom stereocenters. The molecule has 0 amide bonds. The highest BCUT2D eigenvalue weighted by Gasteiger charge is 2.20. The molecule has 0 unspecified atom stereocenters. The predicted octanol–water partition coefficient (Wildman–Crippen LogP) is 13.2. The number of para-hydroxylation sites is 3. The molecule has 0 bridgehead atoms. The lowest BCUT2D eigenvalue weighted by Gasteiger charge is -2.09. The van der Waals surface area contributed by atoms with Gasteiger partial charge in [-0.15, -0.1) is 0 Å². The summed E-state index contributed by atoms with van der Waals surface area (Å²) < 4.78 is 17.4. The fourth-order valence-corrected chi connectivity index (χ4v) is 8.67. The molecule has 4 aromatic heterocycles. The smallest absolute Gasteiger partial charge is 0.137 e. The fourth-order valence-electron chi connectivity index (χ4n) is 8.67. The average molecular weight is 690 g/mol. The molecule has 0 aliphatic rings. The molecule has 0 saturated heterocycles. The quantitative estimate of drug-likeness (QED) is 0.185. The van der Waals surface area contributed by atoms with Gasteiger partial charge in [0.05, 0.1) is 33.7 Å². The van der Waals surface area contributed by atoms with Crippen molar-refractivity contribution in [3.63, 3.8) is 0 Å². The van der Waals surface area contributed by atoms with Gasteiger partial charge in [0.15, 0.2) is 0 Å². The van der Waals surface area contributed by atoms with Crippen molar-refractivity contribution >= 4 is 87.5 Å². The zero-order valence-electron chi connectivity index (χ0n) is 28.7. The van der Waals surface area contributed by atoms with E-state index in [-0.39, 0.29) is 0 Å². The van der Waals surface area contributed by atoms with Gasteiger partial charge in [-0.2, -0.15) is 5.26 Å². The van der Waals surface area contributed by atoms with Crippen molar-refractivity contribution in [2.45, 2.75) is 0 Å². The number of fused-ring (bicyclic) bond motifs is 12. The molecule has 0 saturated carbocycles. The van der Waals surface area contributed by atoms with Crippen molar-refractivity contribution in [2.24, 2.45) is 0 Å². The average Bonchev–Trinajstić information content (AvgIpc) is 3.96. The highest BCUT2D eigenvalue weighted by molar-refractivity contribution is 6.20. The summed E-state index contributed by atoms with van der Waals surface area (Å²) in [7, 11) is 0. The monoisotopic (exact) mass is 689 g/mol. The van der Waals surface area contributed by atoms with Gasteiger partial charge >= 0.3 is 0 Å². The maximum Gasteiger partial charge on any atom is 0.137 e. The number of hydrogen-bond donors (Lipinski definition) is 0. The van der Waals surface area contributed by atoms with Gasteiger partial charge in [0, 0.05) is 66.6 Å². The number of rotatable bonds is 3. The zero-order chi connectivity index (χ0) is 35.5. The van der Waals surface area contributed by atoms with Gasteiger partial charge in [-0.1, -0.05) is 66.7 Å². The van der Waals surface area contributed by atoms with E-state index in [0.717, 1.165) is 99.2 Å². The highest BCUT2D eigenvalue weighted by Crippen LogP contribution is 2.42. The first-order valence-electron chi connectivity index (χ1n) is 18.1. The van der Waals surface area contributed by atoms with Crippen LogP contribution in [0.15, 0.2) is 173 Å². The topological polar surface area (TPSA) is 59.9 Å². The lowest BCUT2D eigenvalue weighted by atomic mass is 9.99. The molecular formula is C49H27N3O2. The van der Waals surface area contributed by atoms with Gasteiger partial charge in [0.1, 0.15) is 22.3 Å². The van der Waals surface area contributed by atoms with E-state index < -0.39 is 0 Å². The van der Waals surface area contributed by atoms with Gasteiger partial charge in [0.2, 0.25) is 0 Å². The molecule has 0 spiro atoms. The molecule has 0 radical (unpaired) electrons. The molecule has 12 rings (SSSR count). The number of furan rings is 2. The Labute approximate surface area is 307 Å². The number of nitriles is 1. The third-order valence-corrected chi connectivity index (χ3v) is 11.1. The van der Waals surface area contributed by atoms with Crippen LogP contribution in [0.3, 0.4) is 0 Å². The Kier molecular flexibility index (Phi) is 5.78. The van der Waals surface area contributed by atoms with Crippen LogP contribution in [0.5, 0.6) is 0 Å². The Balaban J connectivity index is 1.13. The summed E-state index contributed by atoms with van der Waals surface area (Å²) >= 11 is 0. The normalized spacial score (nSPS) is 12.1. The first-order chi connectivity index (χ1) is 26.7. The molecule has 0 aliphatic carbocycles. The van der Waals surface area contributed by atoms with Crippen LogP contribution in [0, 0.1) is 11.3 Å². The van der Waals surface area contributed by atoms with Gasteiger partial charge in [-0.3, -0.25) is 0 Å². The van der Waals surface area contributed by atoms with Crippen LogP contribution < -0.4 is 0 Å². The van der Waals surface area contributed by atoms with E-state index in [1.807, 2.05) is 36.4 Å². The second kappa shape index (κ2) is 10.7. The maximum absolute atomic E-state index is 9.66. The Morgan fingerprint density at radius 1 is 0.352 bits per heavy atom. The first-order valence-corrected chi connectivity index (χ1v) is 18.1.